The zero-order chi connectivity index (χ0) is 11.6. The molecule has 2 rings (SSSR count). The Morgan fingerprint density at radius 1 is 1.44 bits per heavy atom. The summed E-state index contributed by atoms with van der Waals surface area (Å²) in [6.07, 6.45) is 4.42. The Balaban J connectivity index is 2.04. The Morgan fingerprint density at radius 3 is 2.81 bits per heavy atom. The van der Waals surface area contributed by atoms with Crippen LogP contribution in [0.25, 0.3) is 0 Å². The molecule has 1 aromatic rings. The highest BCUT2D eigenvalue weighted by Crippen LogP contribution is 2.13. The first-order chi connectivity index (χ1) is 7.58. The van der Waals surface area contributed by atoms with Crippen molar-refractivity contribution in [2.75, 3.05) is 6.61 Å². The van der Waals surface area contributed by atoms with Crippen LogP contribution in [0.2, 0.25) is 0 Å². The summed E-state index contributed by atoms with van der Waals surface area (Å²) < 4.78 is 31.0. The molecule has 0 fully saturated rings. The second-order valence-electron chi connectivity index (χ2n) is 3.08. The summed E-state index contributed by atoms with van der Waals surface area (Å²) in [5.41, 5.74) is 5.54. The van der Waals surface area contributed by atoms with E-state index in [4.69, 9.17) is 10.5 Å². The molecule has 1 aliphatic rings. The van der Waals surface area contributed by atoms with Gasteiger partial charge in [-0.25, -0.2) is 0 Å². The molecule has 2 heterocycles. The second-order valence-corrected chi connectivity index (χ2v) is 4.69. The van der Waals surface area contributed by atoms with E-state index in [0.717, 1.165) is 0 Å². The number of nitrogens with two attached hydrogens (primary N) is 1. The van der Waals surface area contributed by atoms with Gasteiger partial charge in [0.25, 0.3) is 10.0 Å². The molecule has 0 aliphatic carbocycles. The topological polar surface area (TPSA) is 94.6 Å². The van der Waals surface area contributed by atoms with Gasteiger partial charge in [0.1, 0.15) is 12.4 Å². The normalized spacial score (nSPS) is 17.8. The van der Waals surface area contributed by atoms with Gasteiger partial charge in [-0.15, -0.1) is 0 Å². The van der Waals surface area contributed by atoms with Gasteiger partial charge in [0, 0.05) is 12.3 Å². The van der Waals surface area contributed by atoms with Gasteiger partial charge in [-0.3, -0.25) is 4.98 Å². The van der Waals surface area contributed by atoms with Gasteiger partial charge in [0.05, 0.1) is 11.9 Å². The Labute approximate surface area is 92.5 Å². The summed E-state index contributed by atoms with van der Waals surface area (Å²) in [6, 6.07) is 3.43. The molecule has 2 N–H and O–H groups in total. The third-order valence-corrected chi connectivity index (χ3v) is 3.05. The molecule has 0 saturated heterocycles. The molecule has 84 valence electrons. The average molecular weight is 239 g/mol. The molecule has 16 heavy (non-hydrogen) atoms. The fourth-order valence-electron chi connectivity index (χ4n) is 1.13. The van der Waals surface area contributed by atoms with Crippen molar-refractivity contribution in [3.8, 4) is 5.75 Å². The first-order valence-electron chi connectivity index (χ1n) is 4.42. The van der Waals surface area contributed by atoms with Crippen LogP contribution in [0.15, 0.2) is 40.0 Å². The SMILES string of the molecule is NC1=CC(COc2cccnc2)=NS1(=O)=O. The van der Waals surface area contributed by atoms with E-state index < -0.39 is 10.0 Å². The van der Waals surface area contributed by atoms with Crippen molar-refractivity contribution < 1.29 is 13.2 Å². The van der Waals surface area contributed by atoms with E-state index in [1.165, 1.54) is 12.3 Å². The molecule has 0 spiro atoms. The number of hydrogen-bond donors (Lipinski definition) is 1. The van der Waals surface area contributed by atoms with Crippen LogP contribution in [0.3, 0.4) is 0 Å². The fourth-order valence-corrected chi connectivity index (χ4v) is 1.93. The Bertz CT molecular complexity index is 549. The molecule has 0 unspecified atom stereocenters. The summed E-state index contributed by atoms with van der Waals surface area (Å²) in [6.45, 7) is 0.0472. The van der Waals surface area contributed by atoms with Crippen molar-refractivity contribution in [1.29, 1.82) is 0 Å². The zero-order valence-electron chi connectivity index (χ0n) is 8.20. The lowest BCUT2D eigenvalue weighted by Crippen LogP contribution is -2.07. The van der Waals surface area contributed by atoms with Crippen molar-refractivity contribution in [3.63, 3.8) is 0 Å². The summed E-state index contributed by atoms with van der Waals surface area (Å²) >= 11 is 0. The van der Waals surface area contributed by atoms with Gasteiger partial charge < -0.3 is 10.5 Å². The Kier molecular flexibility index (Phi) is 2.61. The lowest BCUT2D eigenvalue weighted by atomic mass is 10.4. The summed E-state index contributed by atoms with van der Waals surface area (Å²) in [4.78, 5) is 3.85. The maximum Gasteiger partial charge on any atom is 0.297 e. The van der Waals surface area contributed by atoms with Crippen molar-refractivity contribution in [2.24, 2.45) is 10.1 Å². The van der Waals surface area contributed by atoms with E-state index in [1.807, 2.05) is 0 Å². The molecule has 0 saturated carbocycles. The Morgan fingerprint density at radius 2 is 2.25 bits per heavy atom. The molecule has 0 atom stereocenters. The minimum Gasteiger partial charge on any atom is -0.486 e. The van der Waals surface area contributed by atoms with Crippen LogP contribution in [-0.4, -0.2) is 25.7 Å². The van der Waals surface area contributed by atoms with Gasteiger partial charge in [0.2, 0.25) is 0 Å². The molecule has 0 bridgehead atoms. The number of nitrogens with zero attached hydrogens (tertiary/aromatic N) is 2. The summed E-state index contributed by atoms with van der Waals surface area (Å²) in [5, 5.41) is -0.253. The average Bonchev–Trinajstić information content (AvgIpc) is 2.52. The fraction of sp³-hybridized carbons (Fsp3) is 0.111. The third-order valence-electron chi connectivity index (χ3n) is 1.87. The molecular weight excluding hydrogens is 230 g/mol. The largest absolute Gasteiger partial charge is 0.486 e. The quantitative estimate of drug-likeness (QED) is 0.803. The van der Waals surface area contributed by atoms with Crippen LogP contribution in [0.1, 0.15) is 0 Å². The molecular formula is C9H9N3O3S. The van der Waals surface area contributed by atoms with Gasteiger partial charge >= 0.3 is 0 Å². The van der Waals surface area contributed by atoms with E-state index >= 15 is 0 Å². The van der Waals surface area contributed by atoms with E-state index in [-0.39, 0.29) is 17.3 Å². The van der Waals surface area contributed by atoms with Crippen molar-refractivity contribution in [3.05, 3.63) is 35.6 Å². The van der Waals surface area contributed by atoms with Crippen LogP contribution < -0.4 is 10.5 Å². The minimum absolute atomic E-state index is 0.0472. The molecule has 0 radical (unpaired) electrons. The smallest absolute Gasteiger partial charge is 0.297 e. The number of hydrogen-bond acceptors (Lipinski definition) is 5. The first-order valence-corrected chi connectivity index (χ1v) is 5.86. The van der Waals surface area contributed by atoms with Crippen LogP contribution in [0.5, 0.6) is 5.75 Å². The molecule has 1 aromatic heterocycles. The number of aromatic nitrogens is 1. The van der Waals surface area contributed by atoms with Crippen LogP contribution in [-0.2, 0) is 10.0 Å². The van der Waals surface area contributed by atoms with Crippen molar-refractivity contribution in [2.45, 2.75) is 0 Å². The number of sulfonamides is 1. The third kappa shape index (κ3) is 2.19. The number of ether oxygens (including phenoxy) is 1. The highest BCUT2D eigenvalue weighted by molar-refractivity contribution is 7.94. The monoisotopic (exact) mass is 239 g/mol. The van der Waals surface area contributed by atoms with Gasteiger partial charge in [-0.2, -0.15) is 12.8 Å². The minimum atomic E-state index is -3.65. The lowest BCUT2D eigenvalue weighted by molar-refractivity contribution is 0.376. The van der Waals surface area contributed by atoms with Gasteiger partial charge in [0.15, 0.2) is 5.03 Å². The molecule has 6 nitrogen and oxygen atoms in total. The maximum atomic E-state index is 11.1. The Hall–Kier alpha value is -1.89. The number of pyridine rings is 1. The molecule has 0 amide bonds. The predicted molar refractivity (Wildman–Crippen MR) is 58.4 cm³/mol. The zero-order valence-corrected chi connectivity index (χ0v) is 9.02. The molecule has 0 aromatic carbocycles. The van der Waals surface area contributed by atoms with E-state index in [0.29, 0.717) is 5.75 Å². The highest BCUT2D eigenvalue weighted by atomic mass is 32.2. The van der Waals surface area contributed by atoms with Crippen LogP contribution in [0.4, 0.5) is 0 Å². The highest BCUT2D eigenvalue weighted by Gasteiger charge is 2.21. The van der Waals surface area contributed by atoms with E-state index in [9.17, 15) is 8.42 Å². The van der Waals surface area contributed by atoms with Crippen molar-refractivity contribution >= 4 is 15.7 Å². The summed E-state index contributed by atoms with van der Waals surface area (Å²) in [5.74, 6) is 0.543. The van der Waals surface area contributed by atoms with Crippen molar-refractivity contribution in [1.82, 2.24) is 4.98 Å². The lowest BCUT2D eigenvalue weighted by Gasteiger charge is -2.02. The van der Waals surface area contributed by atoms with Gasteiger partial charge in [-0.05, 0) is 12.1 Å². The summed E-state index contributed by atoms with van der Waals surface area (Å²) in [7, 11) is -3.65. The molecule has 1 aliphatic heterocycles. The maximum absolute atomic E-state index is 11.1. The molecule has 7 heteroatoms. The van der Waals surface area contributed by atoms with Crippen LogP contribution >= 0.6 is 0 Å². The second kappa shape index (κ2) is 3.93. The predicted octanol–water partition coefficient (Wildman–Crippen LogP) is 0.0449. The van der Waals surface area contributed by atoms with E-state index in [2.05, 4.69) is 9.38 Å². The number of rotatable bonds is 3. The first kappa shape index (κ1) is 10.6. The van der Waals surface area contributed by atoms with Crippen LogP contribution in [0, 0.1) is 0 Å². The van der Waals surface area contributed by atoms with Gasteiger partial charge in [-0.1, -0.05) is 0 Å². The standard InChI is InChI=1S/C9H9N3O3S/c10-9-4-7(12-16(9,13)14)6-15-8-2-1-3-11-5-8/h1-5H,6,10H2. The van der Waals surface area contributed by atoms with E-state index in [1.54, 1.807) is 18.3 Å².